The first-order valence-electron chi connectivity index (χ1n) is 12.0. The maximum Gasteiger partial charge on any atom is 0.243 e. The summed E-state index contributed by atoms with van der Waals surface area (Å²) in [6.07, 6.45) is 10.1. The van der Waals surface area contributed by atoms with Crippen LogP contribution in [-0.4, -0.2) is 59.5 Å². The molecule has 0 aromatic rings. The van der Waals surface area contributed by atoms with Gasteiger partial charge in [-0.1, -0.05) is 52.2 Å². The second-order valence-corrected chi connectivity index (χ2v) is 9.73. The van der Waals surface area contributed by atoms with E-state index in [1.807, 2.05) is 32.9 Å². The molecule has 0 aromatic carbocycles. The molecule has 6 atom stereocenters. The number of carbonyl (C=O) groups is 3. The molecule has 0 bridgehead atoms. The molecule has 7 nitrogen and oxygen atoms in total. The lowest BCUT2D eigenvalue weighted by Gasteiger charge is -2.36. The Balaban J connectivity index is 1.99. The van der Waals surface area contributed by atoms with Gasteiger partial charge in [0, 0.05) is 19.0 Å². The van der Waals surface area contributed by atoms with E-state index in [2.05, 4.69) is 10.6 Å². The Morgan fingerprint density at radius 3 is 2.39 bits per heavy atom. The molecule has 3 aliphatic rings. The van der Waals surface area contributed by atoms with Crippen molar-refractivity contribution in [3.63, 3.8) is 0 Å². The molecule has 0 spiro atoms. The number of carbonyl (C=O) groups excluding carboxylic acids is 3. The number of amides is 3. The van der Waals surface area contributed by atoms with E-state index in [0.717, 1.165) is 32.1 Å². The molecule has 3 amide bonds. The topological polar surface area (TPSA) is 98.7 Å². The summed E-state index contributed by atoms with van der Waals surface area (Å²) in [5, 5.41) is 16.1. The minimum atomic E-state index is -0.694. The van der Waals surface area contributed by atoms with Crippen LogP contribution in [0.1, 0.15) is 59.3 Å². The lowest BCUT2D eigenvalue weighted by molar-refractivity contribution is -0.144. The Labute approximate surface area is 186 Å². The Morgan fingerprint density at radius 1 is 1.16 bits per heavy atom. The van der Waals surface area contributed by atoms with Gasteiger partial charge in [-0.05, 0) is 31.1 Å². The zero-order valence-electron chi connectivity index (χ0n) is 19.3. The van der Waals surface area contributed by atoms with Crippen LogP contribution in [0.2, 0.25) is 0 Å². The number of hydrogen-bond donors (Lipinski definition) is 3. The fourth-order valence-electron chi connectivity index (χ4n) is 5.87. The third kappa shape index (κ3) is 4.52. The van der Waals surface area contributed by atoms with Crippen LogP contribution in [0.5, 0.6) is 0 Å². The Hall–Kier alpha value is -1.89. The lowest BCUT2D eigenvalue weighted by atomic mass is 9.68. The molecule has 2 aliphatic carbocycles. The minimum Gasteiger partial charge on any atom is -0.394 e. The summed E-state index contributed by atoms with van der Waals surface area (Å²) in [6.45, 7) is 5.71. The van der Waals surface area contributed by atoms with Crippen molar-refractivity contribution < 1.29 is 19.5 Å². The van der Waals surface area contributed by atoms with E-state index >= 15 is 0 Å². The average Bonchev–Trinajstić information content (AvgIpc) is 3.06. The molecule has 1 saturated heterocycles. The zero-order valence-corrected chi connectivity index (χ0v) is 19.3. The highest BCUT2D eigenvalue weighted by molar-refractivity contribution is 5.97. The molecule has 31 heavy (non-hydrogen) atoms. The van der Waals surface area contributed by atoms with E-state index in [9.17, 15) is 19.5 Å². The molecular formula is C24H39N3O4. The van der Waals surface area contributed by atoms with Crippen LogP contribution in [0.25, 0.3) is 0 Å². The minimum absolute atomic E-state index is 0.0107. The summed E-state index contributed by atoms with van der Waals surface area (Å²) >= 11 is 0. The van der Waals surface area contributed by atoms with Gasteiger partial charge in [-0.3, -0.25) is 14.4 Å². The smallest absolute Gasteiger partial charge is 0.243 e. The first-order valence-corrected chi connectivity index (χ1v) is 12.0. The molecule has 1 aliphatic heterocycles. The zero-order chi connectivity index (χ0) is 22.7. The van der Waals surface area contributed by atoms with Crippen molar-refractivity contribution in [1.82, 2.24) is 15.5 Å². The Bertz CT molecular complexity index is 701. The SMILES string of the molecule is CC[C@@H]1C=C[C@H]2[C@@H](C(=O)N([C@@H](CO)C(C)C)[C@@H]2C(=O)NC2CCCCC2)[C@@H]1C(=O)NC. The second kappa shape index (κ2) is 10.2. The summed E-state index contributed by atoms with van der Waals surface area (Å²) in [4.78, 5) is 41.7. The number of allylic oxidation sites excluding steroid dienone is 1. The van der Waals surface area contributed by atoms with Crippen LogP contribution in [0.15, 0.2) is 12.2 Å². The molecule has 0 unspecified atom stereocenters. The van der Waals surface area contributed by atoms with Crippen molar-refractivity contribution in [1.29, 1.82) is 0 Å². The van der Waals surface area contributed by atoms with Crippen molar-refractivity contribution in [2.24, 2.45) is 29.6 Å². The maximum absolute atomic E-state index is 13.8. The van der Waals surface area contributed by atoms with Gasteiger partial charge in [0.25, 0.3) is 0 Å². The number of likely N-dealkylation sites (tertiary alicyclic amines) is 1. The van der Waals surface area contributed by atoms with Crippen LogP contribution in [-0.2, 0) is 14.4 Å². The van der Waals surface area contributed by atoms with Crippen molar-refractivity contribution in [3.05, 3.63) is 12.2 Å². The number of fused-ring (bicyclic) bond motifs is 1. The van der Waals surface area contributed by atoms with Gasteiger partial charge >= 0.3 is 0 Å². The van der Waals surface area contributed by atoms with Crippen LogP contribution < -0.4 is 10.6 Å². The van der Waals surface area contributed by atoms with Crippen LogP contribution in [0.3, 0.4) is 0 Å². The first-order chi connectivity index (χ1) is 14.8. The maximum atomic E-state index is 13.8. The molecule has 3 rings (SSSR count). The standard InChI is InChI=1S/C24H39N3O4/c1-5-15-11-12-17-20(19(15)22(29)25-4)24(31)27(18(13-28)14(2)3)21(17)23(30)26-16-9-7-6-8-10-16/h11-12,14-21,28H,5-10,13H2,1-4H3,(H,25,29)(H,26,30)/t15-,17+,18+,19-,20-,21+/m1/s1. The first kappa shape index (κ1) is 23.8. The van der Waals surface area contributed by atoms with Gasteiger partial charge in [0.1, 0.15) is 6.04 Å². The predicted octanol–water partition coefficient (Wildman–Crippen LogP) is 1.85. The third-order valence-electron chi connectivity index (χ3n) is 7.60. The van der Waals surface area contributed by atoms with E-state index in [1.165, 1.54) is 6.42 Å². The molecule has 174 valence electrons. The lowest BCUT2D eigenvalue weighted by Crippen LogP contribution is -2.55. The highest BCUT2D eigenvalue weighted by atomic mass is 16.3. The average molecular weight is 434 g/mol. The summed E-state index contributed by atoms with van der Waals surface area (Å²) < 4.78 is 0. The Kier molecular flexibility index (Phi) is 7.78. The number of hydrogen-bond acceptors (Lipinski definition) is 4. The molecule has 1 heterocycles. The number of aliphatic hydroxyl groups excluding tert-OH is 1. The van der Waals surface area contributed by atoms with E-state index in [-0.39, 0.29) is 48.1 Å². The quantitative estimate of drug-likeness (QED) is 0.534. The summed E-state index contributed by atoms with van der Waals surface area (Å²) in [7, 11) is 1.59. The highest BCUT2D eigenvalue weighted by Crippen LogP contribution is 2.46. The number of nitrogens with one attached hydrogen (secondary N) is 2. The van der Waals surface area contributed by atoms with Gasteiger partial charge in [-0.2, -0.15) is 0 Å². The van der Waals surface area contributed by atoms with Crippen molar-refractivity contribution in [2.75, 3.05) is 13.7 Å². The number of aliphatic hydroxyl groups is 1. The van der Waals surface area contributed by atoms with E-state index in [0.29, 0.717) is 0 Å². The summed E-state index contributed by atoms with van der Waals surface area (Å²) in [6, 6.07) is -1.02. The molecule has 0 aromatic heterocycles. The molecule has 2 fully saturated rings. The van der Waals surface area contributed by atoms with Crippen LogP contribution >= 0.6 is 0 Å². The number of rotatable bonds is 7. The van der Waals surface area contributed by atoms with Gasteiger partial charge in [-0.15, -0.1) is 0 Å². The monoisotopic (exact) mass is 433 g/mol. The Morgan fingerprint density at radius 2 is 1.84 bits per heavy atom. The number of nitrogens with zero attached hydrogens (tertiary/aromatic N) is 1. The molecule has 0 radical (unpaired) electrons. The molecule has 1 saturated carbocycles. The van der Waals surface area contributed by atoms with Gasteiger partial charge < -0.3 is 20.6 Å². The molecule has 7 heteroatoms. The van der Waals surface area contributed by atoms with Crippen molar-refractivity contribution in [3.8, 4) is 0 Å². The summed E-state index contributed by atoms with van der Waals surface area (Å²) in [5.74, 6) is -1.99. The van der Waals surface area contributed by atoms with Crippen molar-refractivity contribution in [2.45, 2.75) is 77.4 Å². The largest absolute Gasteiger partial charge is 0.394 e. The highest BCUT2D eigenvalue weighted by Gasteiger charge is 2.58. The van der Waals surface area contributed by atoms with Gasteiger partial charge in [0.15, 0.2) is 0 Å². The van der Waals surface area contributed by atoms with E-state index < -0.39 is 23.9 Å². The molecular weight excluding hydrogens is 394 g/mol. The van der Waals surface area contributed by atoms with E-state index in [1.54, 1.807) is 11.9 Å². The van der Waals surface area contributed by atoms with Crippen LogP contribution in [0, 0.1) is 29.6 Å². The summed E-state index contributed by atoms with van der Waals surface area (Å²) in [5.41, 5.74) is 0. The second-order valence-electron chi connectivity index (χ2n) is 9.73. The van der Waals surface area contributed by atoms with Crippen LogP contribution in [0.4, 0.5) is 0 Å². The normalized spacial score (nSPS) is 32.1. The van der Waals surface area contributed by atoms with Crippen molar-refractivity contribution >= 4 is 17.7 Å². The van der Waals surface area contributed by atoms with E-state index in [4.69, 9.17) is 0 Å². The van der Waals surface area contributed by atoms with Gasteiger partial charge in [0.05, 0.1) is 24.5 Å². The molecule has 3 N–H and O–H groups in total. The fraction of sp³-hybridized carbons (Fsp3) is 0.792. The predicted molar refractivity (Wildman–Crippen MR) is 119 cm³/mol. The van der Waals surface area contributed by atoms with Gasteiger partial charge in [-0.25, -0.2) is 0 Å². The van der Waals surface area contributed by atoms with Gasteiger partial charge in [0.2, 0.25) is 17.7 Å². The fourth-order valence-corrected chi connectivity index (χ4v) is 5.87. The third-order valence-corrected chi connectivity index (χ3v) is 7.60.